The lowest BCUT2D eigenvalue weighted by Gasteiger charge is -2.30. The maximum absolute atomic E-state index is 12.6. The van der Waals surface area contributed by atoms with Crippen LogP contribution in [0, 0.1) is 0 Å². The minimum Gasteiger partial charge on any atom is -0.444 e. The van der Waals surface area contributed by atoms with Gasteiger partial charge in [0.15, 0.2) is 0 Å². The van der Waals surface area contributed by atoms with Crippen LogP contribution in [0.3, 0.4) is 0 Å². The Hall–Kier alpha value is -2.28. The van der Waals surface area contributed by atoms with Gasteiger partial charge in [-0.05, 0) is 45.7 Å². The first-order chi connectivity index (χ1) is 11.7. The SMILES string of the molecule is CC(C)(C)OC(=O)N1CCC[C@H]1C(=S)N1C(=O)c2ccccc2C1=O. The van der Waals surface area contributed by atoms with Crippen LogP contribution in [0.15, 0.2) is 24.3 Å². The van der Waals surface area contributed by atoms with Crippen molar-refractivity contribution in [2.75, 3.05) is 6.54 Å². The van der Waals surface area contributed by atoms with Crippen molar-refractivity contribution in [2.45, 2.75) is 45.3 Å². The van der Waals surface area contributed by atoms with Crippen molar-refractivity contribution in [3.05, 3.63) is 35.4 Å². The molecule has 0 unspecified atom stereocenters. The smallest absolute Gasteiger partial charge is 0.410 e. The molecule has 0 bridgehead atoms. The molecule has 3 amide bonds. The molecule has 1 saturated heterocycles. The molecule has 1 aromatic rings. The van der Waals surface area contributed by atoms with Crippen LogP contribution in [0.4, 0.5) is 4.79 Å². The molecule has 3 rings (SSSR count). The highest BCUT2D eigenvalue weighted by Crippen LogP contribution is 2.28. The first kappa shape index (κ1) is 17.5. The largest absolute Gasteiger partial charge is 0.444 e. The molecule has 0 aliphatic carbocycles. The number of ether oxygens (including phenoxy) is 1. The number of amides is 3. The average Bonchev–Trinajstić information content (AvgIpc) is 3.10. The number of thiocarbonyl (C=S) groups is 1. The van der Waals surface area contributed by atoms with Crippen molar-refractivity contribution in [3.8, 4) is 0 Å². The van der Waals surface area contributed by atoms with Crippen LogP contribution in [0.25, 0.3) is 0 Å². The summed E-state index contributed by atoms with van der Waals surface area (Å²) in [5.41, 5.74) is 0.0646. The fourth-order valence-corrected chi connectivity index (χ4v) is 3.51. The Morgan fingerprint density at radius 2 is 1.72 bits per heavy atom. The van der Waals surface area contributed by atoms with Crippen molar-refractivity contribution in [1.82, 2.24) is 9.80 Å². The van der Waals surface area contributed by atoms with E-state index in [-0.39, 0.29) is 4.99 Å². The lowest BCUT2D eigenvalue weighted by Crippen LogP contribution is -2.49. The Morgan fingerprint density at radius 3 is 2.24 bits per heavy atom. The predicted octanol–water partition coefficient (Wildman–Crippen LogP) is 3.01. The van der Waals surface area contributed by atoms with Gasteiger partial charge in [-0.1, -0.05) is 24.4 Å². The number of imide groups is 1. The summed E-state index contributed by atoms with van der Waals surface area (Å²) >= 11 is 5.45. The van der Waals surface area contributed by atoms with Crippen LogP contribution in [0.5, 0.6) is 0 Å². The van der Waals surface area contributed by atoms with Crippen molar-refractivity contribution in [2.24, 2.45) is 0 Å². The van der Waals surface area contributed by atoms with Crippen molar-refractivity contribution in [1.29, 1.82) is 0 Å². The second-order valence-corrected chi connectivity index (χ2v) is 7.58. The van der Waals surface area contributed by atoms with E-state index in [0.717, 1.165) is 11.3 Å². The second-order valence-electron chi connectivity index (χ2n) is 7.16. The van der Waals surface area contributed by atoms with Crippen LogP contribution in [0.1, 0.15) is 54.3 Å². The zero-order chi connectivity index (χ0) is 18.4. The molecule has 2 aliphatic heterocycles. The summed E-state index contributed by atoms with van der Waals surface area (Å²) in [4.78, 5) is 40.3. The monoisotopic (exact) mass is 360 g/mol. The van der Waals surface area contributed by atoms with E-state index in [1.807, 2.05) is 0 Å². The zero-order valence-electron chi connectivity index (χ0n) is 14.4. The molecule has 2 aliphatic rings. The summed E-state index contributed by atoms with van der Waals surface area (Å²) in [6.45, 7) is 5.86. The minimum atomic E-state index is -0.624. The normalized spacial score (nSPS) is 20.0. The van der Waals surface area contributed by atoms with E-state index in [1.54, 1.807) is 45.0 Å². The van der Waals surface area contributed by atoms with E-state index in [9.17, 15) is 14.4 Å². The number of hydrogen-bond donors (Lipinski definition) is 0. The van der Waals surface area contributed by atoms with Crippen LogP contribution in [0.2, 0.25) is 0 Å². The van der Waals surface area contributed by atoms with E-state index < -0.39 is 29.6 Å². The van der Waals surface area contributed by atoms with Crippen LogP contribution >= 0.6 is 12.2 Å². The quantitative estimate of drug-likeness (QED) is 0.569. The molecule has 1 atom stereocenters. The van der Waals surface area contributed by atoms with Gasteiger partial charge in [0, 0.05) is 6.54 Å². The molecule has 132 valence electrons. The topological polar surface area (TPSA) is 66.9 Å². The molecule has 0 radical (unpaired) electrons. The lowest BCUT2D eigenvalue weighted by atomic mass is 10.1. The van der Waals surface area contributed by atoms with Gasteiger partial charge in [-0.25, -0.2) is 9.69 Å². The average molecular weight is 360 g/mol. The summed E-state index contributed by atoms with van der Waals surface area (Å²) in [6, 6.07) is 6.14. The predicted molar refractivity (Wildman–Crippen MR) is 95.5 cm³/mol. The van der Waals surface area contributed by atoms with E-state index in [0.29, 0.717) is 24.1 Å². The van der Waals surface area contributed by atoms with E-state index >= 15 is 0 Å². The third kappa shape index (κ3) is 3.16. The summed E-state index contributed by atoms with van der Waals surface area (Å²) in [5.74, 6) is -0.858. The molecule has 7 heteroatoms. The summed E-state index contributed by atoms with van der Waals surface area (Å²) < 4.78 is 5.42. The lowest BCUT2D eigenvalue weighted by molar-refractivity contribution is 0.0258. The highest BCUT2D eigenvalue weighted by atomic mass is 32.1. The van der Waals surface area contributed by atoms with Crippen LogP contribution in [-0.4, -0.2) is 50.9 Å². The summed E-state index contributed by atoms with van der Waals surface area (Å²) in [6.07, 6.45) is 0.868. The highest BCUT2D eigenvalue weighted by molar-refractivity contribution is 7.80. The summed E-state index contributed by atoms with van der Waals surface area (Å²) in [5, 5.41) is 0. The number of rotatable bonds is 1. The number of hydrogen-bond acceptors (Lipinski definition) is 5. The van der Waals surface area contributed by atoms with Gasteiger partial charge in [0.1, 0.15) is 10.6 Å². The molecule has 0 spiro atoms. The molecule has 2 heterocycles. The molecule has 6 nitrogen and oxygen atoms in total. The first-order valence-corrected chi connectivity index (χ1v) is 8.63. The third-order valence-electron chi connectivity index (χ3n) is 4.18. The Labute approximate surface area is 151 Å². The molecule has 0 saturated carbocycles. The number of benzene rings is 1. The van der Waals surface area contributed by atoms with Crippen molar-refractivity contribution < 1.29 is 19.1 Å². The Bertz CT molecular complexity index is 734. The van der Waals surface area contributed by atoms with Crippen molar-refractivity contribution in [3.63, 3.8) is 0 Å². The fourth-order valence-electron chi connectivity index (χ4n) is 3.10. The fraction of sp³-hybridized carbons (Fsp3) is 0.444. The number of nitrogens with zero attached hydrogens (tertiary/aromatic N) is 2. The summed E-state index contributed by atoms with van der Waals surface area (Å²) in [7, 11) is 0. The number of fused-ring (bicyclic) bond motifs is 1. The van der Waals surface area contributed by atoms with Crippen LogP contribution < -0.4 is 0 Å². The first-order valence-electron chi connectivity index (χ1n) is 8.22. The molecule has 1 fully saturated rings. The molecule has 0 aromatic heterocycles. The maximum Gasteiger partial charge on any atom is 0.410 e. The van der Waals surface area contributed by atoms with Gasteiger partial charge in [0.25, 0.3) is 11.8 Å². The van der Waals surface area contributed by atoms with Gasteiger partial charge in [-0.3, -0.25) is 14.5 Å². The van der Waals surface area contributed by atoms with Gasteiger partial charge in [-0.2, -0.15) is 0 Å². The van der Waals surface area contributed by atoms with Gasteiger partial charge in [-0.15, -0.1) is 0 Å². The Balaban J connectivity index is 1.82. The van der Waals surface area contributed by atoms with E-state index in [1.165, 1.54) is 4.90 Å². The Kier molecular flexibility index (Phi) is 4.36. The number of carbonyl (C=O) groups excluding carboxylic acids is 3. The van der Waals surface area contributed by atoms with E-state index in [4.69, 9.17) is 17.0 Å². The highest BCUT2D eigenvalue weighted by Gasteiger charge is 2.44. The molecule has 0 N–H and O–H groups in total. The van der Waals surface area contributed by atoms with Gasteiger partial charge in [0.2, 0.25) is 0 Å². The number of carbonyl (C=O) groups is 3. The molecule has 1 aromatic carbocycles. The Morgan fingerprint density at radius 1 is 1.16 bits per heavy atom. The van der Waals surface area contributed by atoms with Gasteiger partial charge < -0.3 is 4.74 Å². The standard InChI is InChI=1S/C18H20N2O4S/c1-18(2,3)24-17(23)19-10-6-9-13(19)16(25)20-14(21)11-7-4-5-8-12(11)15(20)22/h4-5,7-8,13H,6,9-10H2,1-3H3/t13-/m0/s1. The van der Waals surface area contributed by atoms with E-state index in [2.05, 4.69) is 0 Å². The van der Waals surface area contributed by atoms with Gasteiger partial charge >= 0.3 is 6.09 Å². The molecule has 25 heavy (non-hydrogen) atoms. The van der Waals surface area contributed by atoms with Crippen molar-refractivity contribution >= 4 is 35.1 Å². The third-order valence-corrected chi connectivity index (χ3v) is 4.63. The van der Waals surface area contributed by atoms with Gasteiger partial charge in [0.05, 0.1) is 17.2 Å². The minimum absolute atomic E-state index is 0.162. The second kappa shape index (κ2) is 6.22. The number of likely N-dealkylation sites (tertiary alicyclic amines) is 1. The zero-order valence-corrected chi connectivity index (χ0v) is 15.3. The molecular formula is C18H20N2O4S. The molecular weight excluding hydrogens is 340 g/mol. The van der Waals surface area contributed by atoms with Crippen LogP contribution in [-0.2, 0) is 4.74 Å². The maximum atomic E-state index is 12.6.